The van der Waals surface area contributed by atoms with Crippen LogP contribution in [0.5, 0.6) is 0 Å². The van der Waals surface area contributed by atoms with Gasteiger partial charge in [-0.25, -0.2) is 23.1 Å². The summed E-state index contributed by atoms with van der Waals surface area (Å²) in [6.07, 6.45) is -4.43. The standard InChI is InChI=1S/C22H19F6N5O3/c1-2-16(22(26,27)28)30-21(36)13-9-33(19-14(24)5-10(23)7-29-19)18-12(17(13)35)6-15(25)20(31-18)32-4-3-11(34)8-32/h5-7,9,11,16,34H,2-4,8H2,1H3,(H,30,36)/t11-,16-/m0/s1. The van der Waals surface area contributed by atoms with Gasteiger partial charge in [0.25, 0.3) is 5.91 Å². The Morgan fingerprint density at radius 2 is 1.92 bits per heavy atom. The number of hydrogen-bond donors (Lipinski definition) is 2. The molecule has 192 valence electrons. The number of anilines is 1. The first kappa shape index (κ1) is 25.4. The van der Waals surface area contributed by atoms with Gasteiger partial charge < -0.3 is 15.3 Å². The van der Waals surface area contributed by atoms with E-state index in [2.05, 4.69) is 9.97 Å². The molecule has 1 amide bonds. The highest BCUT2D eigenvalue weighted by Gasteiger charge is 2.40. The smallest absolute Gasteiger partial charge is 0.391 e. The molecule has 0 aliphatic carbocycles. The average molecular weight is 515 g/mol. The lowest BCUT2D eigenvalue weighted by Gasteiger charge is -2.21. The van der Waals surface area contributed by atoms with Gasteiger partial charge in [-0.15, -0.1) is 0 Å². The third-order valence-electron chi connectivity index (χ3n) is 5.75. The fraction of sp³-hybridized carbons (Fsp3) is 0.364. The van der Waals surface area contributed by atoms with Gasteiger partial charge in [0.15, 0.2) is 28.9 Å². The first-order chi connectivity index (χ1) is 16.9. The minimum Gasteiger partial charge on any atom is -0.391 e. The molecule has 3 aromatic heterocycles. The third-order valence-corrected chi connectivity index (χ3v) is 5.75. The van der Waals surface area contributed by atoms with Crippen molar-refractivity contribution in [1.29, 1.82) is 0 Å². The van der Waals surface area contributed by atoms with Crippen LogP contribution in [0.4, 0.5) is 32.2 Å². The number of fused-ring (bicyclic) bond motifs is 1. The van der Waals surface area contributed by atoms with E-state index in [0.29, 0.717) is 18.7 Å². The zero-order chi connectivity index (χ0) is 26.4. The lowest BCUT2D eigenvalue weighted by molar-refractivity contribution is -0.153. The molecular formula is C22H19F6N5O3. The normalized spacial score (nSPS) is 17.0. The van der Waals surface area contributed by atoms with E-state index in [-0.39, 0.29) is 24.6 Å². The van der Waals surface area contributed by atoms with E-state index < -0.39 is 70.3 Å². The molecule has 8 nitrogen and oxygen atoms in total. The summed E-state index contributed by atoms with van der Waals surface area (Å²) in [6.45, 7) is 1.42. The zero-order valence-electron chi connectivity index (χ0n) is 18.6. The minimum absolute atomic E-state index is 0.0269. The van der Waals surface area contributed by atoms with Gasteiger partial charge in [0.05, 0.1) is 17.7 Å². The van der Waals surface area contributed by atoms with Crippen LogP contribution in [0.2, 0.25) is 0 Å². The number of nitrogens with one attached hydrogen (secondary N) is 1. The number of β-amino-alcohol motifs (C(OH)–C–C–N with tert-alkyl or cyclic N) is 1. The van der Waals surface area contributed by atoms with Gasteiger partial charge in [-0.2, -0.15) is 13.2 Å². The number of halogens is 6. The molecule has 4 heterocycles. The molecule has 3 aromatic rings. The number of hydrogen-bond acceptors (Lipinski definition) is 6. The van der Waals surface area contributed by atoms with Crippen LogP contribution in [-0.2, 0) is 0 Å². The van der Waals surface area contributed by atoms with Crippen molar-refractivity contribution in [3.63, 3.8) is 0 Å². The summed E-state index contributed by atoms with van der Waals surface area (Å²) in [5.41, 5.74) is -2.39. The maximum Gasteiger partial charge on any atom is 0.408 e. The molecule has 2 atom stereocenters. The monoisotopic (exact) mass is 515 g/mol. The van der Waals surface area contributed by atoms with Gasteiger partial charge >= 0.3 is 6.18 Å². The van der Waals surface area contributed by atoms with Crippen LogP contribution in [-0.4, -0.2) is 57.0 Å². The van der Waals surface area contributed by atoms with E-state index >= 15 is 0 Å². The Bertz CT molecular complexity index is 1390. The molecule has 0 aromatic carbocycles. The molecule has 0 saturated carbocycles. The molecule has 1 saturated heterocycles. The quantitative estimate of drug-likeness (QED) is 0.507. The molecule has 4 rings (SSSR count). The number of carbonyl (C=O) groups excluding carboxylic acids is 1. The Labute approximate surface area is 199 Å². The van der Waals surface area contributed by atoms with Crippen LogP contribution in [0.1, 0.15) is 30.1 Å². The first-order valence-corrected chi connectivity index (χ1v) is 10.8. The lowest BCUT2D eigenvalue weighted by atomic mass is 10.1. The molecule has 1 aliphatic heterocycles. The second-order valence-electron chi connectivity index (χ2n) is 8.23. The van der Waals surface area contributed by atoms with Crippen molar-refractivity contribution in [3.8, 4) is 5.82 Å². The van der Waals surface area contributed by atoms with Crippen molar-refractivity contribution in [2.24, 2.45) is 0 Å². The van der Waals surface area contributed by atoms with Gasteiger partial charge in [-0.3, -0.25) is 14.2 Å². The average Bonchev–Trinajstić information content (AvgIpc) is 3.23. The van der Waals surface area contributed by atoms with Gasteiger partial charge in [0.2, 0.25) is 5.43 Å². The highest BCUT2D eigenvalue weighted by atomic mass is 19.4. The second kappa shape index (κ2) is 9.41. The molecule has 2 N–H and O–H groups in total. The summed E-state index contributed by atoms with van der Waals surface area (Å²) < 4.78 is 83.4. The van der Waals surface area contributed by atoms with Gasteiger partial charge in [-0.05, 0) is 18.9 Å². The predicted molar refractivity (Wildman–Crippen MR) is 115 cm³/mol. The van der Waals surface area contributed by atoms with Crippen LogP contribution in [0.15, 0.2) is 29.3 Å². The lowest BCUT2D eigenvalue weighted by Crippen LogP contribution is -2.46. The van der Waals surface area contributed by atoms with Gasteiger partial charge in [-0.1, -0.05) is 6.92 Å². The van der Waals surface area contributed by atoms with Crippen LogP contribution in [0.25, 0.3) is 16.9 Å². The van der Waals surface area contributed by atoms with Crippen molar-refractivity contribution in [3.05, 3.63) is 57.8 Å². The Morgan fingerprint density at radius 1 is 1.22 bits per heavy atom. The third kappa shape index (κ3) is 4.72. The summed E-state index contributed by atoms with van der Waals surface area (Å²) in [4.78, 5) is 34.9. The fourth-order valence-electron chi connectivity index (χ4n) is 3.93. The molecule has 1 aliphatic rings. The Balaban J connectivity index is 1.95. The summed E-state index contributed by atoms with van der Waals surface area (Å²) >= 11 is 0. The van der Waals surface area contributed by atoms with E-state index in [1.807, 2.05) is 0 Å². The number of rotatable bonds is 5. The topological polar surface area (TPSA) is 100 Å². The first-order valence-electron chi connectivity index (χ1n) is 10.8. The molecule has 0 spiro atoms. The fourth-order valence-corrected chi connectivity index (χ4v) is 3.93. The van der Waals surface area contributed by atoms with Gasteiger partial charge in [0.1, 0.15) is 17.4 Å². The van der Waals surface area contributed by atoms with Gasteiger partial charge in [0, 0.05) is 25.4 Å². The zero-order valence-corrected chi connectivity index (χ0v) is 18.6. The molecule has 14 heteroatoms. The SMILES string of the molecule is CC[C@H](NC(=O)c1cn(-c2ncc(F)cc2F)c2nc(N3CC[C@H](O)C3)c(F)cc2c1=O)C(F)(F)F. The number of aromatic nitrogens is 3. The molecule has 36 heavy (non-hydrogen) atoms. The summed E-state index contributed by atoms with van der Waals surface area (Å²) in [5.74, 6) is -5.64. The Hall–Kier alpha value is -3.68. The molecule has 0 unspecified atom stereocenters. The molecular weight excluding hydrogens is 496 g/mol. The van der Waals surface area contributed by atoms with Crippen molar-refractivity contribution >= 4 is 22.8 Å². The van der Waals surface area contributed by atoms with Crippen LogP contribution in [0, 0.1) is 17.5 Å². The van der Waals surface area contributed by atoms with E-state index in [1.165, 1.54) is 11.8 Å². The van der Waals surface area contributed by atoms with E-state index in [9.17, 15) is 41.0 Å². The Morgan fingerprint density at radius 3 is 2.50 bits per heavy atom. The minimum atomic E-state index is -4.81. The summed E-state index contributed by atoms with van der Waals surface area (Å²) in [5, 5.41) is 10.9. The van der Waals surface area contributed by atoms with E-state index in [0.717, 1.165) is 16.8 Å². The maximum absolute atomic E-state index is 15.0. The number of amides is 1. The van der Waals surface area contributed by atoms with Crippen molar-refractivity contribution in [1.82, 2.24) is 19.9 Å². The number of aliphatic hydroxyl groups is 1. The molecule has 0 radical (unpaired) electrons. The molecule has 1 fully saturated rings. The number of pyridine rings is 3. The van der Waals surface area contributed by atoms with Crippen LogP contribution in [0.3, 0.4) is 0 Å². The summed E-state index contributed by atoms with van der Waals surface area (Å²) in [7, 11) is 0. The summed E-state index contributed by atoms with van der Waals surface area (Å²) in [6, 6.07) is -1.10. The largest absolute Gasteiger partial charge is 0.408 e. The number of carbonyl (C=O) groups is 1. The van der Waals surface area contributed by atoms with Crippen molar-refractivity contribution in [2.75, 3.05) is 18.0 Å². The van der Waals surface area contributed by atoms with E-state index in [1.54, 1.807) is 5.32 Å². The molecule has 0 bridgehead atoms. The predicted octanol–water partition coefficient (Wildman–Crippen LogP) is 2.84. The number of alkyl halides is 3. The van der Waals surface area contributed by atoms with Crippen LogP contribution >= 0.6 is 0 Å². The Kier molecular flexibility index (Phi) is 6.64. The van der Waals surface area contributed by atoms with Crippen molar-refractivity contribution in [2.45, 2.75) is 38.1 Å². The maximum atomic E-state index is 15.0. The van der Waals surface area contributed by atoms with Crippen molar-refractivity contribution < 1.29 is 36.2 Å². The second-order valence-corrected chi connectivity index (χ2v) is 8.23. The number of aliphatic hydroxyl groups excluding tert-OH is 1. The highest BCUT2D eigenvalue weighted by molar-refractivity contribution is 5.97. The number of nitrogens with zero attached hydrogens (tertiary/aromatic N) is 4. The highest BCUT2D eigenvalue weighted by Crippen LogP contribution is 2.27. The van der Waals surface area contributed by atoms with E-state index in [4.69, 9.17) is 0 Å². The van der Waals surface area contributed by atoms with Crippen LogP contribution < -0.4 is 15.6 Å².